The van der Waals surface area contributed by atoms with Gasteiger partial charge in [-0.2, -0.15) is 5.26 Å². The van der Waals surface area contributed by atoms with E-state index in [-0.39, 0.29) is 17.7 Å². The van der Waals surface area contributed by atoms with Crippen LogP contribution in [0.25, 0.3) is 22.1 Å². The number of aryl methyl sites for hydroxylation is 1. The van der Waals surface area contributed by atoms with Crippen molar-refractivity contribution in [2.24, 2.45) is 16.8 Å². The van der Waals surface area contributed by atoms with E-state index >= 15 is 0 Å². The Kier molecular flexibility index (Phi) is 4.84. The SMILES string of the molecule is Cc1cc(-c2ccc3oc(C#N)cc3c2)ccc1C1=NC2(CC2)C(=O)N1C[C@@H]1CCN(C(=O)C2CC2)C1. The number of hydrogen-bond acceptors (Lipinski definition) is 5. The number of benzene rings is 2. The summed E-state index contributed by atoms with van der Waals surface area (Å²) in [5.74, 6) is 2.03. The van der Waals surface area contributed by atoms with Gasteiger partial charge in [-0.15, -0.1) is 0 Å². The van der Waals surface area contributed by atoms with Crippen LogP contribution in [0.15, 0.2) is 51.9 Å². The van der Waals surface area contributed by atoms with Crippen LogP contribution in [0.4, 0.5) is 0 Å². The maximum atomic E-state index is 13.4. The number of amides is 2. The van der Waals surface area contributed by atoms with Gasteiger partial charge < -0.3 is 9.32 Å². The minimum absolute atomic E-state index is 0.122. The fourth-order valence-electron chi connectivity index (χ4n) is 5.88. The van der Waals surface area contributed by atoms with Gasteiger partial charge in [-0.25, -0.2) is 0 Å². The minimum Gasteiger partial charge on any atom is -0.446 e. The van der Waals surface area contributed by atoms with Crippen molar-refractivity contribution in [1.82, 2.24) is 9.80 Å². The standard InChI is InChI=1S/C30H28N4O3/c1-18-12-21(22-5-7-26-23(13-22)14-24(15-31)37-26)4-6-25(18)27-32-30(9-10-30)29(36)34(27)17-19-8-11-33(16-19)28(35)20-2-3-20/h4-7,12-14,19-20H,2-3,8-11,16-17H2,1H3/t19-/m1/s1. The van der Waals surface area contributed by atoms with Crippen LogP contribution in [0.1, 0.15) is 49.0 Å². The van der Waals surface area contributed by atoms with E-state index < -0.39 is 5.54 Å². The molecule has 0 radical (unpaired) electrons. The average molecular weight is 493 g/mol. The lowest BCUT2D eigenvalue weighted by atomic mass is 9.98. The lowest BCUT2D eigenvalue weighted by Gasteiger charge is -2.24. The Bertz CT molecular complexity index is 1540. The van der Waals surface area contributed by atoms with Gasteiger partial charge >= 0.3 is 0 Å². The normalized spacial score (nSPS) is 22.1. The lowest BCUT2D eigenvalue weighted by molar-refractivity contribution is -0.131. The largest absolute Gasteiger partial charge is 0.446 e. The zero-order valence-corrected chi connectivity index (χ0v) is 20.9. The number of hydrogen-bond donors (Lipinski definition) is 0. The number of likely N-dealkylation sites (tertiary alicyclic amines) is 1. The number of amidine groups is 1. The molecule has 7 heteroatoms. The Morgan fingerprint density at radius 3 is 2.65 bits per heavy atom. The fourth-order valence-corrected chi connectivity index (χ4v) is 5.88. The Morgan fingerprint density at radius 2 is 1.92 bits per heavy atom. The molecule has 37 heavy (non-hydrogen) atoms. The highest BCUT2D eigenvalue weighted by atomic mass is 16.3. The van der Waals surface area contributed by atoms with Crippen molar-refractivity contribution in [2.45, 2.75) is 44.6 Å². The monoisotopic (exact) mass is 492 g/mol. The molecule has 2 aromatic carbocycles. The number of nitrogens with zero attached hydrogens (tertiary/aromatic N) is 4. The van der Waals surface area contributed by atoms with E-state index in [1.165, 1.54) is 0 Å². The van der Waals surface area contributed by atoms with Gasteiger partial charge in [-0.1, -0.05) is 24.3 Å². The molecule has 2 aliphatic heterocycles. The van der Waals surface area contributed by atoms with E-state index in [4.69, 9.17) is 14.7 Å². The Morgan fingerprint density at radius 1 is 1.14 bits per heavy atom. The van der Waals surface area contributed by atoms with Crippen LogP contribution in [0, 0.1) is 30.1 Å². The molecule has 0 unspecified atom stereocenters. The van der Waals surface area contributed by atoms with Gasteiger partial charge in [-0.05, 0) is 73.8 Å². The first-order valence-corrected chi connectivity index (χ1v) is 13.2. The molecule has 7 nitrogen and oxygen atoms in total. The summed E-state index contributed by atoms with van der Waals surface area (Å²) in [4.78, 5) is 34.9. The van der Waals surface area contributed by atoms with E-state index in [2.05, 4.69) is 31.2 Å². The molecule has 2 amide bonds. The summed E-state index contributed by atoms with van der Waals surface area (Å²) in [5, 5.41) is 10.0. The number of aliphatic imine (C=N–C) groups is 1. The molecule has 1 saturated heterocycles. The zero-order chi connectivity index (χ0) is 25.3. The molecule has 3 heterocycles. The van der Waals surface area contributed by atoms with Crippen LogP contribution >= 0.6 is 0 Å². The molecule has 0 bridgehead atoms. The van der Waals surface area contributed by atoms with Crippen LogP contribution in [0.2, 0.25) is 0 Å². The number of fused-ring (bicyclic) bond motifs is 1. The molecule has 3 aromatic rings. The second kappa shape index (κ2) is 8.04. The van der Waals surface area contributed by atoms with Crippen molar-refractivity contribution < 1.29 is 14.0 Å². The first-order valence-electron chi connectivity index (χ1n) is 13.2. The van der Waals surface area contributed by atoms with Crippen molar-refractivity contribution in [3.8, 4) is 17.2 Å². The van der Waals surface area contributed by atoms with Crippen LogP contribution in [-0.2, 0) is 9.59 Å². The summed E-state index contributed by atoms with van der Waals surface area (Å²) in [6, 6.07) is 16.0. The third kappa shape index (κ3) is 3.74. The van der Waals surface area contributed by atoms with Gasteiger partial charge in [0.25, 0.3) is 5.91 Å². The lowest BCUT2D eigenvalue weighted by Crippen LogP contribution is -2.41. The smallest absolute Gasteiger partial charge is 0.256 e. The van der Waals surface area contributed by atoms with Gasteiger partial charge in [-0.3, -0.25) is 19.5 Å². The van der Waals surface area contributed by atoms with Gasteiger partial charge in [0.05, 0.1) is 0 Å². The van der Waals surface area contributed by atoms with E-state index in [9.17, 15) is 9.59 Å². The first kappa shape index (κ1) is 22.3. The molecule has 2 saturated carbocycles. The van der Waals surface area contributed by atoms with Crippen LogP contribution in [-0.4, -0.2) is 52.6 Å². The second-order valence-electron chi connectivity index (χ2n) is 11.1. The second-order valence-corrected chi connectivity index (χ2v) is 11.1. The minimum atomic E-state index is -0.562. The number of carbonyl (C=O) groups excluding carboxylic acids is 2. The Labute approximate surface area is 215 Å². The summed E-state index contributed by atoms with van der Waals surface area (Å²) in [6.07, 6.45) is 4.61. The quantitative estimate of drug-likeness (QED) is 0.518. The highest BCUT2D eigenvalue weighted by molar-refractivity contribution is 6.17. The van der Waals surface area contributed by atoms with E-state index in [1.54, 1.807) is 6.07 Å². The maximum Gasteiger partial charge on any atom is 0.256 e. The molecule has 1 spiro atoms. The molecule has 7 rings (SSSR count). The first-order chi connectivity index (χ1) is 17.9. The fraction of sp³-hybridized carbons (Fsp3) is 0.400. The van der Waals surface area contributed by atoms with Crippen molar-refractivity contribution in [3.63, 3.8) is 0 Å². The van der Waals surface area contributed by atoms with E-state index in [1.807, 2.05) is 28.0 Å². The van der Waals surface area contributed by atoms with Crippen LogP contribution in [0.3, 0.4) is 0 Å². The molecule has 1 atom stereocenters. The van der Waals surface area contributed by atoms with Crippen molar-refractivity contribution in [2.75, 3.05) is 19.6 Å². The van der Waals surface area contributed by atoms with Crippen LogP contribution < -0.4 is 0 Å². The number of carbonyl (C=O) groups is 2. The summed E-state index contributed by atoms with van der Waals surface area (Å²) >= 11 is 0. The summed E-state index contributed by atoms with van der Waals surface area (Å²) in [7, 11) is 0. The van der Waals surface area contributed by atoms with Crippen LogP contribution in [0.5, 0.6) is 0 Å². The number of furan rings is 1. The topological polar surface area (TPSA) is 89.9 Å². The predicted octanol–water partition coefficient (Wildman–Crippen LogP) is 4.66. The maximum absolute atomic E-state index is 13.4. The van der Waals surface area contributed by atoms with Crippen molar-refractivity contribution in [3.05, 3.63) is 59.4 Å². The summed E-state index contributed by atoms with van der Waals surface area (Å²) in [6.45, 7) is 4.22. The van der Waals surface area contributed by atoms with Gasteiger partial charge in [0.15, 0.2) is 0 Å². The molecule has 2 aliphatic carbocycles. The molecular weight excluding hydrogens is 464 g/mol. The van der Waals surface area contributed by atoms with Crippen molar-refractivity contribution >= 4 is 28.6 Å². The third-order valence-electron chi connectivity index (χ3n) is 8.33. The molecule has 3 fully saturated rings. The van der Waals surface area contributed by atoms with Gasteiger partial charge in [0.2, 0.25) is 11.7 Å². The zero-order valence-electron chi connectivity index (χ0n) is 20.9. The molecule has 1 aromatic heterocycles. The van der Waals surface area contributed by atoms with E-state index in [0.29, 0.717) is 23.8 Å². The summed E-state index contributed by atoms with van der Waals surface area (Å²) in [5.41, 5.74) is 4.29. The number of nitriles is 1. The molecule has 4 aliphatic rings. The van der Waals surface area contributed by atoms with Gasteiger partial charge in [0, 0.05) is 42.6 Å². The third-order valence-corrected chi connectivity index (χ3v) is 8.33. The molecule has 186 valence electrons. The highest BCUT2D eigenvalue weighted by Gasteiger charge is 2.57. The van der Waals surface area contributed by atoms with Gasteiger partial charge in [0.1, 0.15) is 23.0 Å². The Hall–Kier alpha value is -3.92. The number of rotatable bonds is 5. The predicted molar refractivity (Wildman–Crippen MR) is 139 cm³/mol. The Balaban J connectivity index is 1.15. The molecular formula is C30H28N4O3. The van der Waals surface area contributed by atoms with E-state index in [0.717, 1.165) is 78.7 Å². The summed E-state index contributed by atoms with van der Waals surface area (Å²) < 4.78 is 5.52. The average Bonchev–Trinajstić information content (AvgIpc) is 3.79. The highest BCUT2D eigenvalue weighted by Crippen LogP contribution is 2.46. The van der Waals surface area contributed by atoms with Crippen molar-refractivity contribution in [1.29, 1.82) is 5.26 Å². The molecule has 0 N–H and O–H groups in total.